The Kier molecular flexibility index (Phi) is 8.85. The SMILES string of the molecule is CCCCC1CS1(=O)=O.CCCCCCS(=O)(=O)O. The van der Waals surface area contributed by atoms with E-state index < -0.39 is 20.0 Å². The van der Waals surface area contributed by atoms with Gasteiger partial charge in [-0.15, -0.1) is 0 Å². The summed E-state index contributed by atoms with van der Waals surface area (Å²) in [6, 6.07) is 0. The van der Waals surface area contributed by atoms with Crippen molar-refractivity contribution in [1.29, 1.82) is 0 Å². The van der Waals surface area contributed by atoms with Gasteiger partial charge < -0.3 is 0 Å². The molecule has 1 heterocycles. The molecule has 0 aromatic carbocycles. The van der Waals surface area contributed by atoms with Crippen molar-refractivity contribution < 1.29 is 21.4 Å². The van der Waals surface area contributed by atoms with Crippen molar-refractivity contribution in [2.45, 2.75) is 64.0 Å². The fraction of sp³-hybridized carbons (Fsp3) is 1.00. The van der Waals surface area contributed by atoms with Crippen molar-refractivity contribution in [2.75, 3.05) is 11.5 Å². The summed E-state index contributed by atoms with van der Waals surface area (Å²) in [7, 11) is -6.23. The average molecular weight is 314 g/mol. The van der Waals surface area contributed by atoms with Crippen LogP contribution in [0.4, 0.5) is 0 Å². The number of unbranched alkanes of at least 4 members (excludes halogenated alkanes) is 4. The number of hydrogen-bond acceptors (Lipinski definition) is 4. The van der Waals surface area contributed by atoms with E-state index in [4.69, 9.17) is 4.55 Å². The van der Waals surface area contributed by atoms with Crippen LogP contribution in [0.5, 0.6) is 0 Å². The fourth-order valence-corrected chi connectivity index (χ4v) is 3.66. The Labute approximate surface area is 117 Å². The quantitative estimate of drug-likeness (QED) is 0.422. The highest BCUT2D eigenvalue weighted by Gasteiger charge is 2.42. The lowest BCUT2D eigenvalue weighted by atomic mass is 10.2. The van der Waals surface area contributed by atoms with Crippen LogP contribution in [0.3, 0.4) is 0 Å². The van der Waals surface area contributed by atoms with Crippen molar-refractivity contribution in [2.24, 2.45) is 0 Å². The molecule has 0 aromatic rings. The second-order valence-electron chi connectivity index (χ2n) is 4.94. The van der Waals surface area contributed by atoms with Gasteiger partial charge in [0.05, 0.1) is 16.8 Å². The van der Waals surface area contributed by atoms with Crippen molar-refractivity contribution in [3.8, 4) is 0 Å². The second kappa shape index (κ2) is 8.92. The zero-order valence-corrected chi connectivity index (χ0v) is 13.5. The molecule has 1 atom stereocenters. The summed E-state index contributed by atoms with van der Waals surface area (Å²) in [5.74, 6) is 0.361. The second-order valence-corrected chi connectivity index (χ2v) is 8.84. The maximum Gasteiger partial charge on any atom is 0.264 e. The Balaban J connectivity index is 0.000000342. The minimum absolute atomic E-state index is 0.0393. The highest BCUT2D eigenvalue weighted by atomic mass is 32.2. The molecule has 1 aliphatic heterocycles. The van der Waals surface area contributed by atoms with E-state index in [1.54, 1.807) is 0 Å². The first-order chi connectivity index (χ1) is 8.73. The molecule has 19 heavy (non-hydrogen) atoms. The van der Waals surface area contributed by atoms with Crippen LogP contribution in [0, 0.1) is 0 Å². The summed E-state index contributed by atoms with van der Waals surface area (Å²) in [5.41, 5.74) is 0. The van der Waals surface area contributed by atoms with Gasteiger partial charge >= 0.3 is 0 Å². The molecule has 1 aliphatic rings. The maximum atomic E-state index is 10.6. The molecule has 1 saturated heterocycles. The molecule has 0 radical (unpaired) electrons. The standard InChI is InChI=1S/C6H14O3S.C6H12O2S/c1-2-3-4-5-6-10(7,8)9;1-2-3-4-6-5-9(6,7)8/h2-6H2,1H3,(H,7,8,9);6H,2-5H2,1H3. The number of sulfone groups is 1. The van der Waals surface area contributed by atoms with Crippen LogP contribution in [-0.2, 0) is 20.0 Å². The normalized spacial score (nSPS) is 20.5. The third-order valence-electron chi connectivity index (χ3n) is 2.95. The lowest BCUT2D eigenvalue weighted by Gasteiger charge is -1.95. The van der Waals surface area contributed by atoms with Crippen LogP contribution in [0.15, 0.2) is 0 Å². The van der Waals surface area contributed by atoms with Gasteiger partial charge in [0.15, 0.2) is 9.84 Å². The van der Waals surface area contributed by atoms with E-state index in [2.05, 4.69) is 6.92 Å². The largest absolute Gasteiger partial charge is 0.286 e. The summed E-state index contributed by atoms with van der Waals surface area (Å²) in [6.07, 6.45) is 6.62. The van der Waals surface area contributed by atoms with Gasteiger partial charge in [-0.05, 0) is 12.8 Å². The van der Waals surface area contributed by atoms with Crippen molar-refractivity contribution in [3.63, 3.8) is 0 Å². The van der Waals surface area contributed by atoms with Gasteiger partial charge in [0.1, 0.15) is 0 Å². The minimum Gasteiger partial charge on any atom is -0.286 e. The van der Waals surface area contributed by atoms with Crippen LogP contribution in [0.1, 0.15) is 58.8 Å². The first kappa shape index (κ1) is 18.9. The smallest absolute Gasteiger partial charge is 0.264 e. The molecule has 1 unspecified atom stereocenters. The summed E-state index contributed by atoms with van der Waals surface area (Å²) < 4.78 is 49.7. The van der Waals surface area contributed by atoms with Gasteiger partial charge in [0, 0.05) is 0 Å². The molecule has 1 fully saturated rings. The summed E-state index contributed by atoms with van der Waals surface area (Å²) in [6.45, 7) is 4.13. The van der Waals surface area contributed by atoms with E-state index in [0.29, 0.717) is 12.2 Å². The molecule has 0 aromatic heterocycles. The first-order valence-electron chi connectivity index (χ1n) is 6.89. The third kappa shape index (κ3) is 11.4. The van der Waals surface area contributed by atoms with Crippen LogP contribution >= 0.6 is 0 Å². The monoisotopic (exact) mass is 314 g/mol. The topological polar surface area (TPSA) is 88.5 Å². The molecule has 0 saturated carbocycles. The van der Waals surface area contributed by atoms with Crippen LogP contribution in [0.25, 0.3) is 0 Å². The Bertz CT molecular complexity index is 425. The van der Waals surface area contributed by atoms with Gasteiger partial charge in [-0.3, -0.25) is 4.55 Å². The molecule has 1 rings (SSSR count). The zero-order valence-electron chi connectivity index (χ0n) is 11.8. The summed E-state index contributed by atoms with van der Waals surface area (Å²) in [5, 5.41) is 0.0393. The predicted octanol–water partition coefficient (Wildman–Crippen LogP) is 2.43. The van der Waals surface area contributed by atoms with Crippen LogP contribution in [-0.4, -0.2) is 38.1 Å². The maximum absolute atomic E-state index is 10.6. The molecule has 7 heteroatoms. The van der Waals surface area contributed by atoms with Gasteiger partial charge in [-0.2, -0.15) is 8.42 Å². The van der Waals surface area contributed by atoms with E-state index in [1.807, 2.05) is 6.92 Å². The van der Waals surface area contributed by atoms with Crippen LogP contribution < -0.4 is 0 Å². The molecule has 1 N–H and O–H groups in total. The molecule has 116 valence electrons. The predicted molar refractivity (Wildman–Crippen MR) is 77.7 cm³/mol. The Morgan fingerprint density at radius 1 is 1.05 bits per heavy atom. The van der Waals surface area contributed by atoms with Crippen molar-refractivity contribution in [1.82, 2.24) is 0 Å². The third-order valence-corrected chi connectivity index (χ3v) is 5.61. The first-order valence-corrected chi connectivity index (χ1v) is 10.2. The molecule has 0 aliphatic carbocycles. The van der Waals surface area contributed by atoms with Gasteiger partial charge in [0.25, 0.3) is 10.1 Å². The molecular weight excluding hydrogens is 288 g/mol. The molecule has 0 amide bonds. The average Bonchev–Trinajstić information content (AvgIpc) is 2.89. The van der Waals surface area contributed by atoms with Crippen molar-refractivity contribution in [3.05, 3.63) is 0 Å². The van der Waals surface area contributed by atoms with Gasteiger partial charge in [-0.1, -0.05) is 46.0 Å². The van der Waals surface area contributed by atoms with Gasteiger partial charge in [-0.25, -0.2) is 8.42 Å². The molecule has 5 nitrogen and oxygen atoms in total. The number of rotatable bonds is 8. The molecular formula is C12H26O5S2. The highest BCUT2D eigenvalue weighted by molar-refractivity contribution is 7.99. The Morgan fingerprint density at radius 2 is 1.58 bits per heavy atom. The van der Waals surface area contributed by atoms with E-state index in [-0.39, 0.29) is 11.0 Å². The summed E-state index contributed by atoms with van der Waals surface area (Å²) >= 11 is 0. The zero-order chi connectivity index (χ0) is 14.9. The van der Waals surface area contributed by atoms with Gasteiger partial charge in [0.2, 0.25) is 0 Å². The van der Waals surface area contributed by atoms with Crippen molar-refractivity contribution >= 4 is 20.0 Å². The Hall–Kier alpha value is -0.140. The van der Waals surface area contributed by atoms with E-state index >= 15 is 0 Å². The number of hydrogen-bond donors (Lipinski definition) is 1. The van der Waals surface area contributed by atoms with E-state index in [1.165, 1.54) is 0 Å². The fourth-order valence-electron chi connectivity index (χ4n) is 1.63. The van der Waals surface area contributed by atoms with Crippen LogP contribution in [0.2, 0.25) is 0 Å². The molecule has 0 bridgehead atoms. The van der Waals surface area contributed by atoms with E-state index in [9.17, 15) is 16.8 Å². The minimum atomic E-state index is -3.70. The Morgan fingerprint density at radius 3 is 1.95 bits per heavy atom. The summed E-state index contributed by atoms with van der Waals surface area (Å²) in [4.78, 5) is 0. The lowest BCUT2D eigenvalue weighted by molar-refractivity contribution is 0.479. The molecule has 0 spiro atoms. The van der Waals surface area contributed by atoms with E-state index in [0.717, 1.165) is 38.5 Å². The lowest BCUT2D eigenvalue weighted by Crippen LogP contribution is -2.03. The highest BCUT2D eigenvalue weighted by Crippen LogP contribution is 2.26.